The molecule has 0 saturated carbocycles. The van der Waals surface area contributed by atoms with Crippen LogP contribution < -0.4 is 5.32 Å². The van der Waals surface area contributed by atoms with Gasteiger partial charge in [-0.2, -0.15) is 0 Å². The molecule has 2 heterocycles. The molecule has 0 bridgehead atoms. The van der Waals surface area contributed by atoms with Crippen LogP contribution in [0.4, 0.5) is 4.79 Å². The molecule has 2 aliphatic rings. The zero-order valence-corrected chi connectivity index (χ0v) is 12.5. The standard InChI is InChI=1S/C14H23N3O4/c1-9-5-7-17(11(8-9)13(19)20)14(21)16-6-3-4-10(16)12(18)15-2/h9-11H,3-8H2,1-2H3,(H,15,18)(H,19,20). The summed E-state index contributed by atoms with van der Waals surface area (Å²) in [5.41, 5.74) is 0. The van der Waals surface area contributed by atoms with Gasteiger partial charge >= 0.3 is 12.0 Å². The van der Waals surface area contributed by atoms with Gasteiger partial charge in [0.2, 0.25) is 5.91 Å². The van der Waals surface area contributed by atoms with E-state index in [4.69, 9.17) is 0 Å². The van der Waals surface area contributed by atoms with Crippen LogP contribution in [0.15, 0.2) is 0 Å². The number of likely N-dealkylation sites (tertiary alicyclic amines) is 2. The lowest BCUT2D eigenvalue weighted by molar-refractivity contribution is -0.144. The van der Waals surface area contributed by atoms with E-state index in [1.165, 1.54) is 9.80 Å². The number of urea groups is 1. The predicted molar refractivity (Wildman–Crippen MR) is 75.7 cm³/mol. The van der Waals surface area contributed by atoms with Crippen LogP contribution in [0.25, 0.3) is 0 Å². The Morgan fingerprint density at radius 2 is 1.76 bits per heavy atom. The maximum Gasteiger partial charge on any atom is 0.326 e. The summed E-state index contributed by atoms with van der Waals surface area (Å²) in [6.07, 6.45) is 2.67. The number of piperidine rings is 1. The minimum Gasteiger partial charge on any atom is -0.480 e. The fourth-order valence-corrected chi connectivity index (χ4v) is 3.20. The van der Waals surface area contributed by atoms with Crippen molar-refractivity contribution in [3.05, 3.63) is 0 Å². The van der Waals surface area contributed by atoms with Crippen molar-refractivity contribution in [2.24, 2.45) is 5.92 Å². The minimum absolute atomic E-state index is 0.182. The van der Waals surface area contributed by atoms with Gasteiger partial charge in [-0.05, 0) is 31.6 Å². The topological polar surface area (TPSA) is 90.0 Å². The van der Waals surface area contributed by atoms with Gasteiger partial charge < -0.3 is 20.2 Å². The van der Waals surface area contributed by atoms with Gasteiger partial charge in [0.05, 0.1) is 0 Å². The van der Waals surface area contributed by atoms with Crippen molar-refractivity contribution in [1.82, 2.24) is 15.1 Å². The summed E-state index contributed by atoms with van der Waals surface area (Å²) in [6.45, 7) is 2.95. The van der Waals surface area contributed by atoms with E-state index < -0.39 is 18.1 Å². The van der Waals surface area contributed by atoms with Crippen molar-refractivity contribution in [3.63, 3.8) is 0 Å². The second kappa shape index (κ2) is 6.32. The highest BCUT2D eigenvalue weighted by atomic mass is 16.4. The smallest absolute Gasteiger partial charge is 0.326 e. The Labute approximate surface area is 124 Å². The van der Waals surface area contributed by atoms with Crippen molar-refractivity contribution in [2.45, 2.75) is 44.7 Å². The highest BCUT2D eigenvalue weighted by Crippen LogP contribution is 2.26. The molecule has 21 heavy (non-hydrogen) atoms. The molecule has 0 aromatic carbocycles. The molecule has 0 aromatic heterocycles. The molecular weight excluding hydrogens is 274 g/mol. The van der Waals surface area contributed by atoms with Crippen LogP contribution in [-0.4, -0.2) is 65.0 Å². The molecule has 3 atom stereocenters. The Morgan fingerprint density at radius 3 is 2.38 bits per heavy atom. The Balaban J connectivity index is 2.13. The molecule has 0 spiro atoms. The average molecular weight is 297 g/mol. The molecule has 7 nitrogen and oxygen atoms in total. The number of hydrogen-bond donors (Lipinski definition) is 2. The van der Waals surface area contributed by atoms with E-state index in [0.717, 1.165) is 12.8 Å². The highest BCUT2D eigenvalue weighted by Gasteiger charge is 2.41. The quantitative estimate of drug-likeness (QED) is 0.776. The number of nitrogens with zero attached hydrogens (tertiary/aromatic N) is 2. The molecule has 0 aliphatic carbocycles. The number of carbonyl (C=O) groups excluding carboxylic acids is 2. The second-order valence-corrected chi connectivity index (χ2v) is 5.93. The Bertz CT molecular complexity index is 440. The zero-order chi connectivity index (χ0) is 15.6. The Morgan fingerprint density at radius 1 is 1.10 bits per heavy atom. The first kappa shape index (κ1) is 15.6. The van der Waals surface area contributed by atoms with Crippen molar-refractivity contribution in [2.75, 3.05) is 20.1 Å². The number of carbonyl (C=O) groups is 3. The molecule has 3 amide bonds. The lowest BCUT2D eigenvalue weighted by atomic mass is 9.92. The van der Waals surface area contributed by atoms with Crippen LogP contribution >= 0.6 is 0 Å². The van der Waals surface area contributed by atoms with Gasteiger partial charge in [0.15, 0.2) is 0 Å². The number of aliphatic carboxylic acids is 1. The molecule has 3 unspecified atom stereocenters. The first-order valence-electron chi connectivity index (χ1n) is 7.47. The molecule has 7 heteroatoms. The van der Waals surface area contributed by atoms with Crippen molar-refractivity contribution in [3.8, 4) is 0 Å². The number of hydrogen-bond acceptors (Lipinski definition) is 3. The fourth-order valence-electron chi connectivity index (χ4n) is 3.20. The number of rotatable bonds is 2. The van der Waals surface area contributed by atoms with Gasteiger partial charge in [0.1, 0.15) is 12.1 Å². The maximum absolute atomic E-state index is 12.7. The van der Waals surface area contributed by atoms with Crippen LogP contribution in [-0.2, 0) is 9.59 Å². The molecule has 2 N–H and O–H groups in total. The van der Waals surface area contributed by atoms with E-state index in [1.807, 2.05) is 6.92 Å². The van der Waals surface area contributed by atoms with Gasteiger partial charge in [-0.25, -0.2) is 9.59 Å². The summed E-state index contributed by atoms with van der Waals surface area (Å²) >= 11 is 0. The van der Waals surface area contributed by atoms with Gasteiger partial charge in [-0.3, -0.25) is 4.79 Å². The molecule has 2 fully saturated rings. The number of likely N-dealkylation sites (N-methyl/N-ethyl adjacent to an activating group) is 1. The number of carboxylic acids is 1. The third kappa shape index (κ3) is 3.11. The second-order valence-electron chi connectivity index (χ2n) is 5.93. The Kier molecular flexibility index (Phi) is 4.69. The SMILES string of the molecule is CNC(=O)C1CCCN1C(=O)N1CCC(C)CC1C(=O)O. The summed E-state index contributed by atoms with van der Waals surface area (Å²) in [7, 11) is 1.55. The highest BCUT2D eigenvalue weighted by molar-refractivity contribution is 5.89. The van der Waals surface area contributed by atoms with E-state index in [1.54, 1.807) is 7.05 Å². The third-order valence-electron chi connectivity index (χ3n) is 4.44. The zero-order valence-electron chi connectivity index (χ0n) is 12.5. The van der Waals surface area contributed by atoms with Gasteiger partial charge in [-0.15, -0.1) is 0 Å². The Hall–Kier alpha value is -1.79. The largest absolute Gasteiger partial charge is 0.480 e. The van der Waals surface area contributed by atoms with E-state index >= 15 is 0 Å². The molecule has 0 radical (unpaired) electrons. The summed E-state index contributed by atoms with van der Waals surface area (Å²) in [5, 5.41) is 11.9. The summed E-state index contributed by atoms with van der Waals surface area (Å²) in [6, 6.07) is -1.58. The van der Waals surface area contributed by atoms with Crippen molar-refractivity contribution < 1.29 is 19.5 Å². The van der Waals surface area contributed by atoms with Crippen LogP contribution in [0.3, 0.4) is 0 Å². The lowest BCUT2D eigenvalue weighted by Gasteiger charge is -2.39. The van der Waals surface area contributed by atoms with Gasteiger partial charge in [0.25, 0.3) is 0 Å². The first-order valence-corrected chi connectivity index (χ1v) is 7.47. The summed E-state index contributed by atoms with van der Waals surface area (Å²) < 4.78 is 0. The van der Waals surface area contributed by atoms with E-state index in [0.29, 0.717) is 31.8 Å². The molecule has 2 aliphatic heterocycles. The molecule has 2 saturated heterocycles. The molecule has 2 rings (SSSR count). The van der Waals surface area contributed by atoms with Gasteiger partial charge in [-0.1, -0.05) is 6.92 Å². The molecule has 118 valence electrons. The number of nitrogens with one attached hydrogen (secondary N) is 1. The van der Waals surface area contributed by atoms with E-state index in [-0.39, 0.29) is 11.9 Å². The first-order chi connectivity index (χ1) is 9.95. The third-order valence-corrected chi connectivity index (χ3v) is 4.44. The monoisotopic (exact) mass is 297 g/mol. The average Bonchev–Trinajstić information content (AvgIpc) is 2.94. The van der Waals surface area contributed by atoms with Crippen molar-refractivity contribution in [1.29, 1.82) is 0 Å². The number of amides is 3. The van der Waals surface area contributed by atoms with Crippen LogP contribution in [0.2, 0.25) is 0 Å². The number of carboxylic acid groups (broad SMARTS) is 1. The molecule has 0 aromatic rings. The van der Waals surface area contributed by atoms with Crippen molar-refractivity contribution >= 4 is 17.9 Å². The normalized spacial score (nSPS) is 29.3. The van der Waals surface area contributed by atoms with Crippen LogP contribution in [0.1, 0.15) is 32.6 Å². The van der Waals surface area contributed by atoms with E-state index in [9.17, 15) is 19.5 Å². The maximum atomic E-state index is 12.7. The summed E-state index contributed by atoms with van der Waals surface area (Å²) in [4.78, 5) is 38.8. The van der Waals surface area contributed by atoms with Crippen LogP contribution in [0.5, 0.6) is 0 Å². The van der Waals surface area contributed by atoms with Gasteiger partial charge in [0, 0.05) is 20.1 Å². The lowest BCUT2D eigenvalue weighted by Crippen LogP contribution is -2.57. The van der Waals surface area contributed by atoms with E-state index in [2.05, 4.69) is 5.32 Å². The van der Waals surface area contributed by atoms with Crippen LogP contribution in [0, 0.1) is 5.92 Å². The minimum atomic E-state index is -0.967. The summed E-state index contributed by atoms with van der Waals surface area (Å²) in [5.74, 6) is -0.854. The molecular formula is C14H23N3O4. The fraction of sp³-hybridized carbons (Fsp3) is 0.786. The predicted octanol–water partition coefficient (Wildman–Crippen LogP) is 0.502.